The molecular formula is C19H24N2O3. The first-order valence-corrected chi connectivity index (χ1v) is 8.51. The lowest BCUT2D eigenvalue weighted by atomic mass is 9.99. The smallest absolute Gasteiger partial charge is 0.242 e. The van der Waals surface area contributed by atoms with Crippen LogP contribution in [0.15, 0.2) is 16.7 Å². The Kier molecular flexibility index (Phi) is 4.60. The van der Waals surface area contributed by atoms with Crippen LogP contribution in [0, 0.1) is 20.8 Å². The Hall–Kier alpha value is -2.30. The summed E-state index contributed by atoms with van der Waals surface area (Å²) in [6.07, 6.45) is 4.48. The summed E-state index contributed by atoms with van der Waals surface area (Å²) in [4.78, 5) is 24.4. The molecule has 0 aliphatic carbocycles. The molecule has 0 spiro atoms. The van der Waals surface area contributed by atoms with Crippen molar-refractivity contribution in [3.63, 3.8) is 0 Å². The van der Waals surface area contributed by atoms with Crippen LogP contribution in [0.1, 0.15) is 41.5 Å². The zero-order chi connectivity index (χ0) is 17.3. The van der Waals surface area contributed by atoms with E-state index in [4.69, 9.17) is 4.42 Å². The van der Waals surface area contributed by atoms with E-state index in [-0.39, 0.29) is 18.2 Å². The average Bonchev–Trinajstić information content (AvgIpc) is 2.84. The summed E-state index contributed by atoms with van der Waals surface area (Å²) in [5, 5.41) is 6.72. The molecule has 1 aliphatic heterocycles. The van der Waals surface area contributed by atoms with E-state index in [0.717, 1.165) is 40.5 Å². The quantitative estimate of drug-likeness (QED) is 0.910. The molecule has 1 unspecified atom stereocenters. The second kappa shape index (κ2) is 6.67. The number of hydrogen-bond donors (Lipinski definition) is 2. The summed E-state index contributed by atoms with van der Waals surface area (Å²) in [5.74, 6) is -0.224. The van der Waals surface area contributed by atoms with Gasteiger partial charge in [0.05, 0.1) is 12.7 Å². The third-order valence-electron chi connectivity index (χ3n) is 4.85. The summed E-state index contributed by atoms with van der Waals surface area (Å²) in [6, 6.07) is 1.69. The summed E-state index contributed by atoms with van der Waals surface area (Å²) >= 11 is 0. The van der Waals surface area contributed by atoms with Crippen LogP contribution in [0.3, 0.4) is 0 Å². The number of nitrogens with one attached hydrogen (secondary N) is 2. The zero-order valence-electron chi connectivity index (χ0n) is 14.5. The van der Waals surface area contributed by atoms with E-state index in [0.29, 0.717) is 13.0 Å². The largest absolute Gasteiger partial charge is 0.464 e. The lowest BCUT2D eigenvalue weighted by Gasteiger charge is -2.15. The summed E-state index contributed by atoms with van der Waals surface area (Å²) < 4.78 is 5.71. The number of amides is 2. The minimum atomic E-state index is -0.428. The van der Waals surface area contributed by atoms with Gasteiger partial charge in [0, 0.05) is 17.5 Å². The van der Waals surface area contributed by atoms with E-state index >= 15 is 0 Å². The van der Waals surface area contributed by atoms with E-state index in [1.807, 2.05) is 13.8 Å². The molecule has 2 aromatic rings. The van der Waals surface area contributed by atoms with Gasteiger partial charge in [0.25, 0.3) is 0 Å². The van der Waals surface area contributed by atoms with Gasteiger partial charge in [-0.2, -0.15) is 0 Å². The molecule has 5 nitrogen and oxygen atoms in total. The maximum Gasteiger partial charge on any atom is 0.242 e. The molecule has 1 fully saturated rings. The fraction of sp³-hybridized carbons (Fsp3) is 0.474. The third-order valence-corrected chi connectivity index (χ3v) is 4.85. The van der Waals surface area contributed by atoms with Gasteiger partial charge >= 0.3 is 0 Å². The first-order chi connectivity index (χ1) is 11.5. The van der Waals surface area contributed by atoms with Gasteiger partial charge in [-0.25, -0.2) is 0 Å². The third kappa shape index (κ3) is 3.16. The first-order valence-electron chi connectivity index (χ1n) is 8.51. The molecule has 1 saturated heterocycles. The standard InChI is InChI=1S/C19H24N2O3/c1-11-8-12(2)17-14(10-24-18(17)13(11)3)9-16(22)21-15-6-4-5-7-20-19(15)23/h8,10,15H,4-7,9H2,1-3H3,(H,20,23)(H,21,22). The summed E-state index contributed by atoms with van der Waals surface area (Å²) in [6.45, 7) is 6.81. The van der Waals surface area contributed by atoms with Crippen molar-refractivity contribution in [3.05, 3.63) is 34.6 Å². The highest BCUT2D eigenvalue weighted by Crippen LogP contribution is 2.30. The van der Waals surface area contributed by atoms with E-state index in [2.05, 4.69) is 23.6 Å². The lowest BCUT2D eigenvalue weighted by molar-refractivity contribution is -0.128. The number of fused-ring (bicyclic) bond motifs is 1. The minimum absolute atomic E-state index is 0.0828. The first kappa shape index (κ1) is 16.6. The molecule has 0 bridgehead atoms. The number of rotatable bonds is 3. The second-order valence-electron chi connectivity index (χ2n) is 6.68. The Morgan fingerprint density at radius 2 is 2.08 bits per heavy atom. The minimum Gasteiger partial charge on any atom is -0.464 e. The fourth-order valence-corrected chi connectivity index (χ4v) is 3.41. The van der Waals surface area contributed by atoms with Gasteiger partial charge < -0.3 is 15.1 Å². The molecule has 0 saturated carbocycles. The predicted octanol–water partition coefficient (Wildman–Crippen LogP) is 2.69. The van der Waals surface area contributed by atoms with Crippen molar-refractivity contribution in [3.8, 4) is 0 Å². The molecule has 128 valence electrons. The lowest BCUT2D eigenvalue weighted by Crippen LogP contribution is -2.45. The van der Waals surface area contributed by atoms with Crippen LogP contribution in [0.4, 0.5) is 0 Å². The monoisotopic (exact) mass is 328 g/mol. The van der Waals surface area contributed by atoms with Gasteiger partial charge in [-0.15, -0.1) is 0 Å². The van der Waals surface area contributed by atoms with E-state index in [1.54, 1.807) is 6.26 Å². The highest BCUT2D eigenvalue weighted by atomic mass is 16.3. The van der Waals surface area contributed by atoms with Crippen LogP contribution < -0.4 is 10.6 Å². The predicted molar refractivity (Wildman–Crippen MR) is 92.9 cm³/mol. The molecule has 1 aromatic carbocycles. The van der Waals surface area contributed by atoms with Crippen molar-refractivity contribution in [2.24, 2.45) is 0 Å². The number of furan rings is 1. The number of carbonyl (C=O) groups is 2. The fourth-order valence-electron chi connectivity index (χ4n) is 3.41. The summed E-state index contributed by atoms with van der Waals surface area (Å²) in [5.41, 5.74) is 5.11. The Morgan fingerprint density at radius 1 is 1.29 bits per heavy atom. The van der Waals surface area contributed by atoms with Crippen molar-refractivity contribution >= 4 is 22.8 Å². The number of carbonyl (C=O) groups excluding carboxylic acids is 2. The number of benzene rings is 1. The molecular weight excluding hydrogens is 304 g/mol. The van der Waals surface area contributed by atoms with Crippen LogP contribution >= 0.6 is 0 Å². The molecule has 1 aromatic heterocycles. The average molecular weight is 328 g/mol. The van der Waals surface area contributed by atoms with Gasteiger partial charge in [-0.05, 0) is 56.7 Å². The molecule has 2 N–H and O–H groups in total. The SMILES string of the molecule is Cc1cc(C)c2c(CC(=O)NC3CCCCNC3=O)coc2c1C. The molecule has 2 heterocycles. The highest BCUT2D eigenvalue weighted by molar-refractivity contribution is 5.93. The topological polar surface area (TPSA) is 71.3 Å². The van der Waals surface area contributed by atoms with Crippen LogP contribution in [0.2, 0.25) is 0 Å². The Bertz CT molecular complexity index is 791. The van der Waals surface area contributed by atoms with Crippen LogP contribution in [-0.2, 0) is 16.0 Å². The van der Waals surface area contributed by atoms with E-state index in [1.165, 1.54) is 5.56 Å². The number of hydrogen-bond acceptors (Lipinski definition) is 3. The molecule has 3 rings (SSSR count). The summed E-state index contributed by atoms with van der Waals surface area (Å²) in [7, 11) is 0. The van der Waals surface area contributed by atoms with Crippen molar-refractivity contribution in [2.75, 3.05) is 6.54 Å². The van der Waals surface area contributed by atoms with Gasteiger partial charge in [-0.1, -0.05) is 6.07 Å². The van der Waals surface area contributed by atoms with E-state index < -0.39 is 6.04 Å². The Morgan fingerprint density at radius 3 is 2.88 bits per heavy atom. The highest BCUT2D eigenvalue weighted by Gasteiger charge is 2.23. The normalized spacial score (nSPS) is 18.3. The van der Waals surface area contributed by atoms with Crippen molar-refractivity contribution < 1.29 is 14.0 Å². The van der Waals surface area contributed by atoms with E-state index in [9.17, 15) is 9.59 Å². The van der Waals surface area contributed by atoms with Crippen molar-refractivity contribution in [1.82, 2.24) is 10.6 Å². The molecule has 24 heavy (non-hydrogen) atoms. The van der Waals surface area contributed by atoms with Crippen LogP contribution in [0.25, 0.3) is 11.0 Å². The Balaban J connectivity index is 1.78. The van der Waals surface area contributed by atoms with Gasteiger partial charge in [-0.3, -0.25) is 9.59 Å². The Labute approximate surface area is 141 Å². The number of aryl methyl sites for hydroxylation is 3. The van der Waals surface area contributed by atoms with Crippen LogP contribution in [0.5, 0.6) is 0 Å². The molecule has 1 atom stereocenters. The molecule has 0 radical (unpaired) electrons. The van der Waals surface area contributed by atoms with Gasteiger partial charge in [0.1, 0.15) is 11.6 Å². The molecule has 2 amide bonds. The maximum atomic E-state index is 12.4. The van der Waals surface area contributed by atoms with Gasteiger partial charge in [0.15, 0.2) is 0 Å². The maximum absolute atomic E-state index is 12.4. The molecule has 5 heteroatoms. The van der Waals surface area contributed by atoms with Crippen LogP contribution in [-0.4, -0.2) is 24.4 Å². The van der Waals surface area contributed by atoms with Gasteiger partial charge in [0.2, 0.25) is 11.8 Å². The van der Waals surface area contributed by atoms with Crippen molar-refractivity contribution in [2.45, 2.75) is 52.5 Å². The zero-order valence-corrected chi connectivity index (χ0v) is 14.5. The van der Waals surface area contributed by atoms with Crippen molar-refractivity contribution in [1.29, 1.82) is 0 Å². The molecule has 1 aliphatic rings. The second-order valence-corrected chi connectivity index (χ2v) is 6.68.